The van der Waals surface area contributed by atoms with Crippen LogP contribution in [0.2, 0.25) is 0 Å². The van der Waals surface area contributed by atoms with Crippen LogP contribution < -0.4 is 9.21 Å². The molecule has 2 aromatic rings. The number of pyridine rings is 1. The van der Waals surface area contributed by atoms with Gasteiger partial charge in [-0.15, -0.1) is 0 Å². The number of nitrogens with zero attached hydrogens (tertiary/aromatic N) is 4. The summed E-state index contributed by atoms with van der Waals surface area (Å²) >= 11 is 0. The first-order valence-corrected chi connectivity index (χ1v) is 11.4. The number of anilines is 2. The van der Waals surface area contributed by atoms with Gasteiger partial charge in [-0.05, 0) is 18.1 Å². The van der Waals surface area contributed by atoms with E-state index in [0.717, 1.165) is 4.31 Å². The van der Waals surface area contributed by atoms with Gasteiger partial charge in [-0.25, -0.2) is 17.8 Å². The molecule has 0 unspecified atom stereocenters. The van der Waals surface area contributed by atoms with Crippen molar-refractivity contribution in [2.24, 2.45) is 5.92 Å². The summed E-state index contributed by atoms with van der Waals surface area (Å²) in [5.41, 5.74) is 0.765. The van der Waals surface area contributed by atoms with E-state index in [9.17, 15) is 18.1 Å². The molecular formula is C21H25FN4O3S. The summed E-state index contributed by atoms with van der Waals surface area (Å²) in [5, 5.41) is 9.66. The smallest absolute Gasteiger partial charge is 0.235 e. The minimum Gasteiger partial charge on any atom is -0.378 e. The van der Waals surface area contributed by atoms with E-state index in [-0.39, 0.29) is 35.0 Å². The number of hydrogen-bond acceptors (Lipinski definition) is 6. The molecule has 1 aliphatic heterocycles. The molecule has 3 rings (SSSR count). The summed E-state index contributed by atoms with van der Waals surface area (Å²) in [6.45, 7) is 5.72. The third kappa shape index (κ3) is 5.07. The normalized spacial score (nSPS) is 14.6. The van der Waals surface area contributed by atoms with Crippen LogP contribution in [0.3, 0.4) is 0 Å². The Labute approximate surface area is 176 Å². The monoisotopic (exact) mass is 432 g/mol. The standard InChI is InChI=1S/C21H25FN4O3S/c1-16(2)15-30(27,28)26(14-17-5-3-4-6-20(17)22)19-11-18(12-23)21(24-13-19)25-7-9-29-10-8-25/h3-6,11,13,16H,7-10,14-15H2,1-2H3. The maximum Gasteiger partial charge on any atom is 0.235 e. The van der Waals surface area contributed by atoms with Gasteiger partial charge >= 0.3 is 0 Å². The molecule has 1 aromatic heterocycles. The van der Waals surface area contributed by atoms with Gasteiger partial charge in [-0.2, -0.15) is 5.26 Å². The summed E-state index contributed by atoms with van der Waals surface area (Å²) in [6.07, 6.45) is 1.43. The lowest BCUT2D eigenvalue weighted by molar-refractivity contribution is 0.122. The number of aromatic nitrogens is 1. The zero-order chi connectivity index (χ0) is 21.7. The van der Waals surface area contributed by atoms with Crippen molar-refractivity contribution in [3.8, 4) is 6.07 Å². The third-order valence-corrected chi connectivity index (χ3v) is 6.82. The molecule has 30 heavy (non-hydrogen) atoms. The molecule has 0 bridgehead atoms. The van der Waals surface area contributed by atoms with Crippen LogP contribution in [0, 0.1) is 23.1 Å². The fourth-order valence-electron chi connectivity index (χ4n) is 3.34. The molecule has 9 heteroatoms. The Hall–Kier alpha value is -2.70. The number of nitriles is 1. The SMILES string of the molecule is CC(C)CS(=O)(=O)N(Cc1ccccc1F)c1cnc(N2CCOCC2)c(C#N)c1. The van der Waals surface area contributed by atoms with Crippen molar-refractivity contribution in [3.05, 3.63) is 53.5 Å². The molecule has 1 aromatic carbocycles. The maximum atomic E-state index is 14.3. The van der Waals surface area contributed by atoms with E-state index in [1.165, 1.54) is 18.3 Å². The van der Waals surface area contributed by atoms with E-state index in [1.807, 2.05) is 4.90 Å². The van der Waals surface area contributed by atoms with E-state index in [2.05, 4.69) is 11.1 Å². The molecular weight excluding hydrogens is 407 g/mol. The van der Waals surface area contributed by atoms with E-state index < -0.39 is 15.8 Å². The van der Waals surface area contributed by atoms with Gasteiger partial charge in [-0.3, -0.25) is 4.31 Å². The summed E-state index contributed by atoms with van der Waals surface area (Å²) in [5.74, 6) is -0.208. The van der Waals surface area contributed by atoms with Crippen molar-refractivity contribution < 1.29 is 17.5 Å². The van der Waals surface area contributed by atoms with Gasteiger partial charge in [0.1, 0.15) is 17.7 Å². The first kappa shape index (κ1) is 22.0. The zero-order valence-corrected chi connectivity index (χ0v) is 17.9. The molecule has 0 saturated carbocycles. The van der Waals surface area contributed by atoms with Crippen LogP contribution in [0.4, 0.5) is 15.9 Å². The number of rotatable bonds is 7. The Bertz CT molecular complexity index is 1030. The first-order chi connectivity index (χ1) is 14.3. The van der Waals surface area contributed by atoms with Crippen LogP contribution in [-0.4, -0.2) is 45.5 Å². The lowest BCUT2D eigenvalue weighted by Crippen LogP contribution is -2.37. The molecule has 7 nitrogen and oxygen atoms in total. The number of sulfonamides is 1. The highest BCUT2D eigenvalue weighted by atomic mass is 32.2. The lowest BCUT2D eigenvalue weighted by atomic mass is 10.2. The van der Waals surface area contributed by atoms with Gasteiger partial charge < -0.3 is 9.64 Å². The zero-order valence-electron chi connectivity index (χ0n) is 17.1. The maximum absolute atomic E-state index is 14.3. The second-order valence-corrected chi connectivity index (χ2v) is 9.48. The van der Waals surface area contributed by atoms with Crippen molar-refractivity contribution in [2.75, 3.05) is 41.3 Å². The molecule has 0 aliphatic carbocycles. The third-order valence-electron chi connectivity index (χ3n) is 4.72. The minimum atomic E-state index is -3.77. The van der Waals surface area contributed by atoms with Gasteiger partial charge in [0.05, 0.1) is 43.0 Å². The van der Waals surface area contributed by atoms with E-state index in [4.69, 9.17) is 4.74 Å². The predicted octanol–water partition coefficient (Wildman–Crippen LogP) is 2.92. The highest BCUT2D eigenvalue weighted by molar-refractivity contribution is 7.92. The second kappa shape index (κ2) is 9.41. The molecule has 160 valence electrons. The average molecular weight is 433 g/mol. The van der Waals surface area contributed by atoms with Crippen molar-refractivity contribution >= 4 is 21.5 Å². The van der Waals surface area contributed by atoms with Crippen LogP contribution in [0.5, 0.6) is 0 Å². The van der Waals surface area contributed by atoms with Gasteiger partial charge in [0, 0.05) is 18.7 Å². The molecule has 1 saturated heterocycles. The number of hydrogen-bond donors (Lipinski definition) is 0. The van der Waals surface area contributed by atoms with Crippen LogP contribution in [-0.2, 0) is 21.3 Å². The average Bonchev–Trinajstić information content (AvgIpc) is 2.72. The van der Waals surface area contributed by atoms with Crippen LogP contribution in [0.1, 0.15) is 25.0 Å². The van der Waals surface area contributed by atoms with Crippen molar-refractivity contribution in [1.29, 1.82) is 5.26 Å². The highest BCUT2D eigenvalue weighted by Gasteiger charge is 2.27. The van der Waals surface area contributed by atoms with Crippen LogP contribution in [0.25, 0.3) is 0 Å². The quantitative estimate of drug-likeness (QED) is 0.669. The van der Waals surface area contributed by atoms with Gasteiger partial charge in [-0.1, -0.05) is 32.0 Å². The number of benzene rings is 1. The van der Waals surface area contributed by atoms with Crippen LogP contribution >= 0.6 is 0 Å². The Morgan fingerprint density at radius 2 is 2.00 bits per heavy atom. The molecule has 0 radical (unpaired) electrons. The fourth-order valence-corrected chi connectivity index (χ4v) is 5.11. The molecule has 1 aliphatic rings. The Morgan fingerprint density at radius 1 is 1.30 bits per heavy atom. The summed E-state index contributed by atoms with van der Waals surface area (Å²) < 4.78 is 47.0. The molecule has 2 heterocycles. The summed E-state index contributed by atoms with van der Waals surface area (Å²) in [7, 11) is -3.77. The van der Waals surface area contributed by atoms with Gasteiger partial charge in [0.2, 0.25) is 10.0 Å². The summed E-state index contributed by atoms with van der Waals surface area (Å²) in [6, 6.07) is 9.68. The molecule has 0 atom stereocenters. The van der Waals surface area contributed by atoms with E-state index in [1.54, 1.807) is 32.0 Å². The number of ether oxygens (including phenoxy) is 1. The van der Waals surface area contributed by atoms with E-state index >= 15 is 0 Å². The van der Waals surface area contributed by atoms with Crippen LogP contribution in [0.15, 0.2) is 36.5 Å². The first-order valence-electron chi connectivity index (χ1n) is 9.78. The molecule has 0 amide bonds. The fraction of sp³-hybridized carbons (Fsp3) is 0.429. The molecule has 1 fully saturated rings. The topological polar surface area (TPSA) is 86.5 Å². The van der Waals surface area contributed by atoms with Crippen molar-refractivity contribution in [2.45, 2.75) is 20.4 Å². The molecule has 0 spiro atoms. The lowest BCUT2D eigenvalue weighted by Gasteiger charge is -2.30. The van der Waals surface area contributed by atoms with Crippen molar-refractivity contribution in [3.63, 3.8) is 0 Å². The highest BCUT2D eigenvalue weighted by Crippen LogP contribution is 2.28. The molecule has 0 N–H and O–H groups in total. The predicted molar refractivity (Wildman–Crippen MR) is 113 cm³/mol. The van der Waals surface area contributed by atoms with Gasteiger partial charge in [0.15, 0.2) is 0 Å². The van der Waals surface area contributed by atoms with Crippen molar-refractivity contribution in [1.82, 2.24) is 4.98 Å². The Morgan fingerprint density at radius 3 is 2.63 bits per heavy atom. The number of halogens is 1. The Kier molecular flexibility index (Phi) is 6.90. The second-order valence-electron chi connectivity index (χ2n) is 7.55. The minimum absolute atomic E-state index is 0.103. The number of morpholine rings is 1. The summed E-state index contributed by atoms with van der Waals surface area (Å²) in [4.78, 5) is 6.34. The Balaban J connectivity index is 2.02. The van der Waals surface area contributed by atoms with Gasteiger partial charge in [0.25, 0.3) is 0 Å². The van der Waals surface area contributed by atoms with E-state index in [0.29, 0.717) is 32.1 Å². The largest absolute Gasteiger partial charge is 0.378 e.